The number of hydrogen-bond donors (Lipinski definition) is 2. The van der Waals surface area contributed by atoms with Crippen molar-refractivity contribution >= 4 is 23.1 Å². The van der Waals surface area contributed by atoms with Gasteiger partial charge in [-0.25, -0.2) is 0 Å². The molecule has 26 heavy (non-hydrogen) atoms. The first-order chi connectivity index (χ1) is 12.6. The Morgan fingerprint density at radius 3 is 2.65 bits per heavy atom. The molecular weight excluding hydrogens is 330 g/mol. The molecule has 0 unspecified atom stereocenters. The second-order valence-electron chi connectivity index (χ2n) is 5.81. The molecule has 3 aromatic rings. The van der Waals surface area contributed by atoms with Gasteiger partial charge in [-0.15, -0.1) is 5.10 Å². The van der Waals surface area contributed by atoms with Crippen molar-refractivity contribution in [3.05, 3.63) is 54.7 Å². The zero-order chi connectivity index (χ0) is 18.4. The molecule has 0 radical (unpaired) electrons. The van der Waals surface area contributed by atoms with Crippen LogP contribution in [0.25, 0.3) is 0 Å². The Balaban J connectivity index is 1.77. The summed E-state index contributed by atoms with van der Waals surface area (Å²) in [6, 6.07) is 15.2. The third-order valence-corrected chi connectivity index (χ3v) is 3.40. The Bertz CT molecular complexity index is 870. The Kier molecular flexibility index (Phi) is 5.48. The van der Waals surface area contributed by atoms with E-state index in [-0.39, 0.29) is 6.10 Å². The topological polar surface area (TPSA) is 81.2 Å². The summed E-state index contributed by atoms with van der Waals surface area (Å²) >= 11 is 0. The highest BCUT2D eigenvalue weighted by atomic mass is 16.5. The minimum absolute atomic E-state index is 0.0757. The monoisotopic (exact) mass is 351 g/mol. The number of methoxy groups -OCH3 is 1. The standard InChI is InChI=1S/C19H21N5O2/c1-13(2)26-17-10-5-4-9-16(17)22-18-12-20-24-19(23-18)21-14-7-6-8-15(11-14)25-3/h4-13H,1-3H3,(H2,21,22,23,24). The SMILES string of the molecule is COc1cccc(Nc2nncc(Nc3ccccc3OC(C)C)n2)c1. The molecule has 0 aliphatic carbocycles. The third-order valence-electron chi connectivity index (χ3n) is 3.40. The van der Waals surface area contributed by atoms with Gasteiger partial charge in [-0.1, -0.05) is 18.2 Å². The Hall–Kier alpha value is -3.35. The molecule has 0 saturated heterocycles. The van der Waals surface area contributed by atoms with Crippen molar-refractivity contribution in [1.29, 1.82) is 0 Å². The van der Waals surface area contributed by atoms with Gasteiger partial charge in [0.1, 0.15) is 11.5 Å². The van der Waals surface area contributed by atoms with Gasteiger partial charge in [0, 0.05) is 11.8 Å². The van der Waals surface area contributed by atoms with E-state index in [1.807, 2.05) is 62.4 Å². The highest BCUT2D eigenvalue weighted by molar-refractivity contribution is 5.64. The number of ether oxygens (including phenoxy) is 2. The quantitative estimate of drug-likeness (QED) is 0.661. The fraction of sp³-hybridized carbons (Fsp3) is 0.211. The van der Waals surface area contributed by atoms with E-state index in [9.17, 15) is 0 Å². The second-order valence-corrected chi connectivity index (χ2v) is 5.81. The molecule has 0 bridgehead atoms. The molecule has 134 valence electrons. The number of nitrogens with one attached hydrogen (secondary N) is 2. The number of nitrogens with zero attached hydrogens (tertiary/aromatic N) is 3. The molecule has 0 aliphatic rings. The summed E-state index contributed by atoms with van der Waals surface area (Å²) in [5.41, 5.74) is 1.63. The maximum absolute atomic E-state index is 5.81. The molecule has 0 fully saturated rings. The molecule has 1 heterocycles. The largest absolute Gasteiger partial charge is 0.497 e. The van der Waals surface area contributed by atoms with Crippen LogP contribution in [0.15, 0.2) is 54.7 Å². The van der Waals surface area contributed by atoms with E-state index < -0.39 is 0 Å². The summed E-state index contributed by atoms with van der Waals surface area (Å²) in [7, 11) is 1.62. The van der Waals surface area contributed by atoms with E-state index in [1.165, 1.54) is 0 Å². The summed E-state index contributed by atoms with van der Waals surface area (Å²) in [4.78, 5) is 4.45. The Labute approximate surface area is 152 Å². The molecule has 7 heteroatoms. The molecule has 2 aromatic carbocycles. The Morgan fingerprint density at radius 1 is 1.00 bits per heavy atom. The summed E-state index contributed by atoms with van der Waals surface area (Å²) in [5, 5.41) is 14.4. The van der Waals surface area contributed by atoms with Crippen LogP contribution in [-0.2, 0) is 0 Å². The minimum atomic E-state index is 0.0757. The van der Waals surface area contributed by atoms with Gasteiger partial charge >= 0.3 is 0 Å². The van der Waals surface area contributed by atoms with Gasteiger partial charge in [-0.3, -0.25) is 0 Å². The van der Waals surface area contributed by atoms with Crippen molar-refractivity contribution < 1.29 is 9.47 Å². The summed E-state index contributed by atoms with van der Waals surface area (Å²) in [6.07, 6.45) is 1.63. The predicted molar refractivity (Wildman–Crippen MR) is 102 cm³/mol. The lowest BCUT2D eigenvalue weighted by molar-refractivity contribution is 0.244. The van der Waals surface area contributed by atoms with Gasteiger partial charge < -0.3 is 20.1 Å². The van der Waals surface area contributed by atoms with Crippen LogP contribution in [0.1, 0.15) is 13.8 Å². The van der Waals surface area contributed by atoms with Crippen LogP contribution in [0.4, 0.5) is 23.1 Å². The van der Waals surface area contributed by atoms with Crippen molar-refractivity contribution in [2.24, 2.45) is 0 Å². The molecule has 1 aromatic heterocycles. The van der Waals surface area contributed by atoms with Crippen molar-refractivity contribution in [2.75, 3.05) is 17.7 Å². The fourth-order valence-corrected chi connectivity index (χ4v) is 2.31. The lowest BCUT2D eigenvalue weighted by atomic mass is 10.3. The number of aromatic nitrogens is 3. The van der Waals surface area contributed by atoms with Crippen LogP contribution in [-0.4, -0.2) is 28.4 Å². The van der Waals surface area contributed by atoms with Gasteiger partial charge in [0.25, 0.3) is 0 Å². The molecule has 7 nitrogen and oxygen atoms in total. The summed E-state index contributed by atoms with van der Waals surface area (Å²) in [5.74, 6) is 2.44. The average Bonchev–Trinajstić information content (AvgIpc) is 2.63. The van der Waals surface area contributed by atoms with Crippen molar-refractivity contribution in [3.63, 3.8) is 0 Å². The van der Waals surface area contributed by atoms with E-state index in [1.54, 1.807) is 13.3 Å². The van der Waals surface area contributed by atoms with E-state index in [4.69, 9.17) is 9.47 Å². The van der Waals surface area contributed by atoms with Crippen LogP contribution < -0.4 is 20.1 Å². The van der Waals surface area contributed by atoms with Gasteiger partial charge in [-0.05, 0) is 38.1 Å². The summed E-state index contributed by atoms with van der Waals surface area (Å²) < 4.78 is 11.0. The number of hydrogen-bond acceptors (Lipinski definition) is 7. The summed E-state index contributed by atoms with van der Waals surface area (Å²) in [6.45, 7) is 3.97. The maximum atomic E-state index is 5.81. The van der Waals surface area contributed by atoms with Gasteiger partial charge in [0.2, 0.25) is 5.95 Å². The highest BCUT2D eigenvalue weighted by Crippen LogP contribution is 2.27. The van der Waals surface area contributed by atoms with Crippen molar-refractivity contribution in [3.8, 4) is 11.5 Å². The minimum Gasteiger partial charge on any atom is -0.497 e. The smallest absolute Gasteiger partial charge is 0.249 e. The van der Waals surface area contributed by atoms with E-state index in [0.717, 1.165) is 22.9 Å². The van der Waals surface area contributed by atoms with E-state index in [0.29, 0.717) is 11.8 Å². The number of para-hydroxylation sites is 2. The Morgan fingerprint density at radius 2 is 1.85 bits per heavy atom. The average molecular weight is 351 g/mol. The zero-order valence-electron chi connectivity index (χ0n) is 14.9. The highest BCUT2D eigenvalue weighted by Gasteiger charge is 2.08. The molecule has 0 saturated carbocycles. The number of rotatable bonds is 7. The van der Waals surface area contributed by atoms with Gasteiger partial charge in [0.15, 0.2) is 5.82 Å². The molecule has 0 amide bonds. The van der Waals surface area contributed by atoms with Crippen LogP contribution in [0, 0.1) is 0 Å². The second kappa shape index (κ2) is 8.15. The first-order valence-electron chi connectivity index (χ1n) is 8.27. The lowest BCUT2D eigenvalue weighted by Gasteiger charge is -2.15. The molecule has 0 spiro atoms. The first-order valence-corrected chi connectivity index (χ1v) is 8.27. The first kappa shape index (κ1) is 17.5. The molecule has 0 aliphatic heterocycles. The molecule has 0 atom stereocenters. The van der Waals surface area contributed by atoms with Crippen LogP contribution in [0.3, 0.4) is 0 Å². The maximum Gasteiger partial charge on any atom is 0.249 e. The molecule has 2 N–H and O–H groups in total. The lowest BCUT2D eigenvalue weighted by Crippen LogP contribution is -2.08. The molecular formula is C19H21N5O2. The third kappa shape index (κ3) is 4.60. The van der Waals surface area contributed by atoms with Crippen LogP contribution in [0.5, 0.6) is 11.5 Å². The predicted octanol–water partition coefficient (Wildman–Crippen LogP) is 4.15. The number of anilines is 4. The number of benzene rings is 2. The van der Waals surface area contributed by atoms with E-state index >= 15 is 0 Å². The van der Waals surface area contributed by atoms with Gasteiger partial charge in [-0.2, -0.15) is 10.1 Å². The van der Waals surface area contributed by atoms with E-state index in [2.05, 4.69) is 25.8 Å². The van der Waals surface area contributed by atoms with Crippen molar-refractivity contribution in [2.45, 2.75) is 20.0 Å². The normalized spacial score (nSPS) is 10.5. The van der Waals surface area contributed by atoms with Crippen LogP contribution >= 0.6 is 0 Å². The van der Waals surface area contributed by atoms with Crippen molar-refractivity contribution in [1.82, 2.24) is 15.2 Å². The molecule has 3 rings (SSSR count). The zero-order valence-corrected chi connectivity index (χ0v) is 14.9. The van der Waals surface area contributed by atoms with Crippen LogP contribution in [0.2, 0.25) is 0 Å². The van der Waals surface area contributed by atoms with Gasteiger partial charge in [0.05, 0.1) is 25.1 Å². The fourth-order valence-electron chi connectivity index (χ4n) is 2.31.